The van der Waals surface area contributed by atoms with Gasteiger partial charge in [-0.1, -0.05) is 29.5 Å². The van der Waals surface area contributed by atoms with Gasteiger partial charge in [-0.2, -0.15) is 0 Å². The zero-order chi connectivity index (χ0) is 13.6. The topological polar surface area (TPSA) is 96.5 Å². The van der Waals surface area contributed by atoms with Crippen molar-refractivity contribution in [2.24, 2.45) is 0 Å². The highest BCUT2D eigenvalue weighted by atomic mass is 127. The molecule has 3 heterocycles. The summed E-state index contributed by atoms with van der Waals surface area (Å²) in [6, 6.07) is 0. The van der Waals surface area contributed by atoms with Gasteiger partial charge in [0.25, 0.3) is 0 Å². The molecule has 2 unspecified atom stereocenters. The molecular weight excluding hydrogens is 361 g/mol. The maximum atomic E-state index is 10.3. The lowest BCUT2D eigenvalue weighted by molar-refractivity contribution is 0.00882. The number of hydrogen-bond donors (Lipinski definition) is 3. The third kappa shape index (κ3) is 2.01. The standard InChI is InChI=1S/C11H16IN5O2/c1-2-5-6(12)8(18)11(19-5)17-4-16-7-9(13)14-3-15-10(7)17/h3,5-6,8,11,16,18H,2,4H2,1H3,(H2,13,14,15)/t5-,6?,8?,11-/m1/s1. The van der Waals surface area contributed by atoms with Crippen LogP contribution in [0.3, 0.4) is 0 Å². The number of nitrogens with zero attached hydrogens (tertiary/aromatic N) is 3. The molecule has 104 valence electrons. The molecule has 1 fully saturated rings. The maximum Gasteiger partial charge on any atom is 0.161 e. The van der Waals surface area contributed by atoms with Gasteiger partial charge in [0.15, 0.2) is 17.9 Å². The van der Waals surface area contributed by atoms with Crippen LogP contribution in [0.4, 0.5) is 17.3 Å². The van der Waals surface area contributed by atoms with E-state index in [1.165, 1.54) is 6.33 Å². The van der Waals surface area contributed by atoms with Gasteiger partial charge in [0.1, 0.15) is 18.1 Å². The number of anilines is 3. The number of hydrogen-bond acceptors (Lipinski definition) is 7. The third-order valence-corrected chi connectivity index (χ3v) is 5.09. The molecule has 7 nitrogen and oxygen atoms in total. The molecule has 0 aromatic carbocycles. The molecule has 2 aliphatic rings. The number of nitrogens with two attached hydrogens (primary N) is 1. The van der Waals surface area contributed by atoms with Crippen molar-refractivity contribution in [2.75, 3.05) is 22.6 Å². The van der Waals surface area contributed by atoms with Crippen LogP contribution in [0.1, 0.15) is 13.3 Å². The van der Waals surface area contributed by atoms with Gasteiger partial charge in [-0.05, 0) is 6.42 Å². The normalized spacial score (nSPS) is 33.3. The molecule has 0 aliphatic carbocycles. The second-order valence-electron chi connectivity index (χ2n) is 4.67. The molecule has 2 aliphatic heterocycles. The minimum absolute atomic E-state index is 0.0591. The van der Waals surface area contributed by atoms with Crippen molar-refractivity contribution < 1.29 is 9.84 Å². The van der Waals surface area contributed by atoms with Crippen LogP contribution in [-0.2, 0) is 4.74 Å². The molecule has 0 radical (unpaired) electrons. The van der Waals surface area contributed by atoms with Crippen molar-refractivity contribution in [3.63, 3.8) is 0 Å². The number of fused-ring (bicyclic) bond motifs is 1. The first-order chi connectivity index (χ1) is 9.13. The number of aromatic nitrogens is 2. The summed E-state index contributed by atoms with van der Waals surface area (Å²) >= 11 is 2.25. The molecule has 8 heteroatoms. The van der Waals surface area contributed by atoms with Crippen molar-refractivity contribution in [1.29, 1.82) is 0 Å². The summed E-state index contributed by atoms with van der Waals surface area (Å²) in [5, 5.41) is 13.5. The van der Waals surface area contributed by atoms with E-state index in [-0.39, 0.29) is 10.0 Å². The van der Waals surface area contributed by atoms with Gasteiger partial charge < -0.3 is 25.8 Å². The first-order valence-corrected chi connectivity index (χ1v) is 7.46. The van der Waals surface area contributed by atoms with Crippen LogP contribution >= 0.6 is 22.6 Å². The smallest absolute Gasteiger partial charge is 0.161 e. The van der Waals surface area contributed by atoms with Crippen molar-refractivity contribution in [3.8, 4) is 0 Å². The van der Waals surface area contributed by atoms with Crippen molar-refractivity contribution in [2.45, 2.75) is 35.7 Å². The summed E-state index contributed by atoms with van der Waals surface area (Å²) in [5.74, 6) is 1.11. The fourth-order valence-corrected chi connectivity index (χ4v) is 3.55. The van der Waals surface area contributed by atoms with Gasteiger partial charge in [0, 0.05) is 0 Å². The monoisotopic (exact) mass is 377 g/mol. The second-order valence-corrected chi connectivity index (χ2v) is 6.11. The van der Waals surface area contributed by atoms with Crippen LogP contribution < -0.4 is 16.0 Å². The number of alkyl halides is 1. The maximum absolute atomic E-state index is 10.3. The molecule has 1 saturated heterocycles. The zero-order valence-corrected chi connectivity index (χ0v) is 12.6. The van der Waals surface area contributed by atoms with Crippen LogP contribution in [0, 0.1) is 0 Å². The van der Waals surface area contributed by atoms with E-state index in [1.54, 1.807) is 0 Å². The Kier molecular flexibility index (Phi) is 3.39. The van der Waals surface area contributed by atoms with E-state index in [0.29, 0.717) is 24.0 Å². The SMILES string of the molecule is CC[C@H]1O[C@@H](N2CNc3c(N)ncnc32)C(O)C1I. The molecule has 4 atom stereocenters. The van der Waals surface area contributed by atoms with E-state index in [2.05, 4.69) is 44.8 Å². The third-order valence-electron chi connectivity index (χ3n) is 3.55. The second kappa shape index (κ2) is 4.91. The number of nitrogen functional groups attached to an aromatic ring is 1. The highest BCUT2D eigenvalue weighted by Crippen LogP contribution is 2.39. The molecule has 19 heavy (non-hydrogen) atoms. The van der Waals surface area contributed by atoms with Gasteiger partial charge >= 0.3 is 0 Å². The Balaban J connectivity index is 1.88. The number of ether oxygens (including phenoxy) is 1. The van der Waals surface area contributed by atoms with Gasteiger partial charge in [-0.25, -0.2) is 9.97 Å². The Morgan fingerprint density at radius 1 is 1.63 bits per heavy atom. The summed E-state index contributed by atoms with van der Waals surface area (Å²) in [6.45, 7) is 2.57. The predicted octanol–water partition coefficient (Wildman–Crippen LogP) is 0.548. The van der Waals surface area contributed by atoms with Crippen molar-refractivity contribution in [3.05, 3.63) is 6.33 Å². The Morgan fingerprint density at radius 3 is 3.11 bits per heavy atom. The summed E-state index contributed by atoms with van der Waals surface area (Å²) in [6.07, 6.45) is 1.42. The Hall–Kier alpha value is -0.870. The summed E-state index contributed by atoms with van der Waals surface area (Å²) in [5.41, 5.74) is 6.51. The molecule has 1 aromatic rings. The Bertz CT molecular complexity index is 488. The largest absolute Gasteiger partial charge is 0.387 e. The number of aliphatic hydroxyl groups is 1. The number of halogens is 1. The fourth-order valence-electron chi connectivity index (χ4n) is 2.52. The van der Waals surface area contributed by atoms with Gasteiger partial charge in [0.05, 0.1) is 16.7 Å². The van der Waals surface area contributed by atoms with E-state index >= 15 is 0 Å². The molecule has 3 rings (SSSR count). The van der Waals surface area contributed by atoms with E-state index in [0.717, 1.165) is 6.42 Å². The number of aliphatic hydroxyl groups excluding tert-OH is 1. The average Bonchev–Trinajstić information content (AvgIpc) is 2.94. The van der Waals surface area contributed by atoms with Gasteiger partial charge in [-0.15, -0.1) is 0 Å². The van der Waals surface area contributed by atoms with Crippen LogP contribution in [0.25, 0.3) is 0 Å². The number of rotatable bonds is 2. The summed E-state index contributed by atoms with van der Waals surface area (Å²) in [7, 11) is 0. The molecule has 1 aromatic heterocycles. The van der Waals surface area contributed by atoms with Gasteiger partial charge in [0.2, 0.25) is 0 Å². The Morgan fingerprint density at radius 2 is 2.42 bits per heavy atom. The quantitative estimate of drug-likeness (QED) is 0.512. The Labute approximate surface area is 124 Å². The average molecular weight is 377 g/mol. The molecule has 0 saturated carbocycles. The summed E-state index contributed by atoms with van der Waals surface area (Å²) < 4.78 is 6.02. The number of nitrogens with one attached hydrogen (secondary N) is 1. The van der Waals surface area contributed by atoms with Crippen LogP contribution in [-0.4, -0.2) is 44.1 Å². The van der Waals surface area contributed by atoms with Crippen molar-refractivity contribution >= 4 is 39.9 Å². The first-order valence-electron chi connectivity index (χ1n) is 6.22. The van der Waals surface area contributed by atoms with E-state index in [4.69, 9.17) is 10.5 Å². The lowest BCUT2D eigenvalue weighted by Gasteiger charge is -2.26. The molecule has 0 spiro atoms. The zero-order valence-electron chi connectivity index (χ0n) is 10.5. The van der Waals surface area contributed by atoms with Crippen LogP contribution in [0.5, 0.6) is 0 Å². The highest BCUT2D eigenvalue weighted by Gasteiger charge is 2.46. The minimum atomic E-state index is -0.547. The lowest BCUT2D eigenvalue weighted by atomic mass is 10.1. The molecule has 4 N–H and O–H groups in total. The van der Waals surface area contributed by atoms with Crippen LogP contribution in [0.15, 0.2) is 6.33 Å². The molecular formula is C11H16IN5O2. The minimum Gasteiger partial charge on any atom is -0.387 e. The molecule has 0 amide bonds. The van der Waals surface area contributed by atoms with E-state index in [1.807, 2.05) is 4.90 Å². The predicted molar refractivity (Wildman–Crippen MR) is 80.2 cm³/mol. The highest BCUT2D eigenvalue weighted by molar-refractivity contribution is 14.1. The van der Waals surface area contributed by atoms with Crippen molar-refractivity contribution in [1.82, 2.24) is 9.97 Å². The lowest BCUT2D eigenvalue weighted by Crippen LogP contribution is -2.43. The van der Waals surface area contributed by atoms with E-state index in [9.17, 15) is 5.11 Å². The summed E-state index contributed by atoms with van der Waals surface area (Å²) in [4.78, 5) is 10.1. The van der Waals surface area contributed by atoms with Crippen LogP contribution in [0.2, 0.25) is 0 Å². The molecule has 0 bridgehead atoms. The van der Waals surface area contributed by atoms with Gasteiger partial charge in [-0.3, -0.25) is 0 Å². The fraction of sp³-hybridized carbons (Fsp3) is 0.636. The first kappa shape index (κ1) is 13.1. The van der Waals surface area contributed by atoms with E-state index < -0.39 is 12.3 Å².